The van der Waals surface area contributed by atoms with E-state index in [0.717, 1.165) is 11.1 Å². The highest BCUT2D eigenvalue weighted by atomic mass is 32.2. The van der Waals surface area contributed by atoms with Crippen LogP contribution < -0.4 is 15.6 Å². The van der Waals surface area contributed by atoms with Crippen molar-refractivity contribution in [3.05, 3.63) is 94.3 Å². The van der Waals surface area contributed by atoms with Gasteiger partial charge in [-0.3, -0.25) is 14.2 Å². The molecule has 0 aliphatic heterocycles. The van der Waals surface area contributed by atoms with Crippen LogP contribution in [0.1, 0.15) is 25.0 Å². The van der Waals surface area contributed by atoms with Crippen LogP contribution in [0.25, 0.3) is 10.9 Å². The molecule has 0 bridgehead atoms. The molecule has 0 saturated carbocycles. The van der Waals surface area contributed by atoms with E-state index in [-0.39, 0.29) is 11.5 Å². The first-order valence-corrected chi connectivity index (χ1v) is 12.1. The topological polar surface area (TPSA) is 73.2 Å². The van der Waals surface area contributed by atoms with Crippen molar-refractivity contribution in [2.24, 2.45) is 0 Å². The first kappa shape index (κ1) is 23.6. The molecule has 1 aromatic heterocycles. The number of aromatic nitrogens is 2. The summed E-state index contributed by atoms with van der Waals surface area (Å²) in [7, 11) is 0. The Morgan fingerprint density at radius 3 is 2.53 bits per heavy atom. The van der Waals surface area contributed by atoms with Gasteiger partial charge in [-0.05, 0) is 50.6 Å². The number of fused-ring (bicyclic) bond motifs is 1. The second kappa shape index (κ2) is 10.6. The molecular formula is C27H27N3O3S. The van der Waals surface area contributed by atoms with E-state index in [9.17, 15) is 9.59 Å². The average Bonchev–Trinajstić information content (AvgIpc) is 2.84. The Morgan fingerprint density at radius 2 is 1.76 bits per heavy atom. The summed E-state index contributed by atoms with van der Waals surface area (Å²) in [5, 5.41) is 3.51. The number of benzene rings is 3. The predicted molar refractivity (Wildman–Crippen MR) is 138 cm³/mol. The number of rotatable bonds is 8. The normalized spacial score (nSPS) is 11.9. The van der Waals surface area contributed by atoms with E-state index in [1.54, 1.807) is 17.6 Å². The maximum atomic E-state index is 13.4. The SMILES string of the molecule is CCOc1ccccc1NC(=O)C(C)Sc1nc2ccccc2c(=O)n1Cc1ccc(C)cc1. The van der Waals surface area contributed by atoms with Crippen LogP contribution in [0, 0.1) is 6.92 Å². The summed E-state index contributed by atoms with van der Waals surface area (Å²) in [6.07, 6.45) is 0. The highest BCUT2D eigenvalue weighted by Gasteiger charge is 2.21. The average molecular weight is 474 g/mol. The van der Waals surface area contributed by atoms with Crippen molar-refractivity contribution in [1.82, 2.24) is 9.55 Å². The van der Waals surface area contributed by atoms with Gasteiger partial charge in [0.25, 0.3) is 5.56 Å². The fourth-order valence-corrected chi connectivity index (χ4v) is 4.46. The summed E-state index contributed by atoms with van der Waals surface area (Å²) in [6, 6.07) is 22.7. The third-order valence-corrected chi connectivity index (χ3v) is 6.47. The van der Waals surface area contributed by atoms with Gasteiger partial charge >= 0.3 is 0 Å². The molecule has 1 unspecified atom stereocenters. The molecule has 0 saturated heterocycles. The highest BCUT2D eigenvalue weighted by molar-refractivity contribution is 8.00. The molecule has 1 heterocycles. The fraction of sp³-hybridized carbons (Fsp3) is 0.222. The van der Waals surface area contributed by atoms with Crippen LogP contribution in [0.4, 0.5) is 5.69 Å². The number of para-hydroxylation sites is 3. The Kier molecular flexibility index (Phi) is 7.33. The van der Waals surface area contributed by atoms with Crippen LogP contribution in [0.5, 0.6) is 5.75 Å². The molecule has 1 N–H and O–H groups in total. The quantitative estimate of drug-likeness (QED) is 0.279. The standard InChI is InChI=1S/C27H27N3O3S/c1-4-33-24-12-8-7-11-23(24)28-25(31)19(3)34-27-29-22-10-6-5-9-21(22)26(32)30(27)17-20-15-13-18(2)14-16-20/h5-16,19H,4,17H2,1-3H3,(H,28,31). The number of amides is 1. The van der Waals surface area contributed by atoms with Crippen molar-refractivity contribution in [2.75, 3.05) is 11.9 Å². The van der Waals surface area contributed by atoms with Crippen molar-refractivity contribution in [1.29, 1.82) is 0 Å². The maximum absolute atomic E-state index is 13.4. The number of nitrogens with one attached hydrogen (secondary N) is 1. The van der Waals surface area contributed by atoms with E-state index in [0.29, 0.717) is 40.6 Å². The summed E-state index contributed by atoms with van der Waals surface area (Å²) < 4.78 is 7.26. The van der Waals surface area contributed by atoms with Crippen molar-refractivity contribution in [3.8, 4) is 5.75 Å². The molecule has 3 aromatic carbocycles. The Morgan fingerprint density at radius 1 is 1.06 bits per heavy atom. The molecule has 0 aliphatic carbocycles. The van der Waals surface area contributed by atoms with Gasteiger partial charge in [0.05, 0.1) is 35.0 Å². The lowest BCUT2D eigenvalue weighted by atomic mass is 10.1. The lowest BCUT2D eigenvalue weighted by Crippen LogP contribution is -2.27. The van der Waals surface area contributed by atoms with Gasteiger partial charge in [-0.15, -0.1) is 0 Å². The van der Waals surface area contributed by atoms with Gasteiger partial charge in [0.1, 0.15) is 5.75 Å². The van der Waals surface area contributed by atoms with Crippen LogP contribution in [-0.4, -0.2) is 27.3 Å². The third-order valence-electron chi connectivity index (χ3n) is 5.38. The predicted octanol–water partition coefficient (Wildman–Crippen LogP) is 5.27. The minimum Gasteiger partial charge on any atom is -0.492 e. The summed E-state index contributed by atoms with van der Waals surface area (Å²) in [5.41, 5.74) is 3.26. The Balaban J connectivity index is 1.64. The number of carbonyl (C=O) groups excluding carboxylic acids is 1. The molecule has 34 heavy (non-hydrogen) atoms. The fourth-order valence-electron chi connectivity index (χ4n) is 3.55. The molecule has 174 valence electrons. The van der Waals surface area contributed by atoms with E-state index in [1.807, 2.05) is 80.6 Å². The third kappa shape index (κ3) is 5.31. The van der Waals surface area contributed by atoms with Gasteiger partial charge in [0.2, 0.25) is 5.91 Å². The van der Waals surface area contributed by atoms with Crippen LogP contribution >= 0.6 is 11.8 Å². The Hall–Kier alpha value is -3.58. The molecule has 0 spiro atoms. The number of hydrogen-bond donors (Lipinski definition) is 1. The zero-order chi connectivity index (χ0) is 24.1. The number of hydrogen-bond acceptors (Lipinski definition) is 5. The number of aryl methyl sites for hydroxylation is 1. The maximum Gasteiger partial charge on any atom is 0.262 e. The number of thioether (sulfide) groups is 1. The van der Waals surface area contributed by atoms with Crippen molar-refractivity contribution >= 4 is 34.3 Å². The number of nitrogens with zero attached hydrogens (tertiary/aromatic N) is 2. The molecular weight excluding hydrogens is 446 g/mol. The monoisotopic (exact) mass is 473 g/mol. The smallest absolute Gasteiger partial charge is 0.262 e. The molecule has 7 heteroatoms. The van der Waals surface area contributed by atoms with Gasteiger partial charge in [0, 0.05) is 0 Å². The first-order chi connectivity index (χ1) is 16.5. The van der Waals surface area contributed by atoms with Gasteiger partial charge in [0.15, 0.2) is 5.16 Å². The molecule has 0 fully saturated rings. The first-order valence-electron chi connectivity index (χ1n) is 11.2. The number of anilines is 1. The van der Waals surface area contributed by atoms with Gasteiger partial charge in [-0.1, -0.05) is 65.9 Å². The van der Waals surface area contributed by atoms with Crippen molar-refractivity contribution < 1.29 is 9.53 Å². The summed E-state index contributed by atoms with van der Waals surface area (Å²) in [4.78, 5) is 31.1. The molecule has 0 radical (unpaired) electrons. The molecule has 0 aliphatic rings. The van der Waals surface area contributed by atoms with E-state index in [2.05, 4.69) is 5.32 Å². The summed E-state index contributed by atoms with van der Waals surface area (Å²) in [5.74, 6) is 0.428. The minimum atomic E-state index is -0.494. The summed E-state index contributed by atoms with van der Waals surface area (Å²) in [6.45, 7) is 6.61. The van der Waals surface area contributed by atoms with Gasteiger partial charge in [-0.2, -0.15) is 0 Å². The zero-order valence-corrected chi connectivity index (χ0v) is 20.3. The largest absolute Gasteiger partial charge is 0.492 e. The van der Waals surface area contributed by atoms with Crippen LogP contribution in [0.2, 0.25) is 0 Å². The highest BCUT2D eigenvalue weighted by Crippen LogP contribution is 2.27. The van der Waals surface area contributed by atoms with E-state index in [1.165, 1.54) is 11.8 Å². The lowest BCUT2D eigenvalue weighted by Gasteiger charge is -2.17. The van der Waals surface area contributed by atoms with E-state index in [4.69, 9.17) is 9.72 Å². The number of carbonyl (C=O) groups is 1. The van der Waals surface area contributed by atoms with Crippen molar-refractivity contribution in [3.63, 3.8) is 0 Å². The van der Waals surface area contributed by atoms with E-state index >= 15 is 0 Å². The lowest BCUT2D eigenvalue weighted by molar-refractivity contribution is -0.115. The Bertz CT molecular complexity index is 1370. The minimum absolute atomic E-state index is 0.122. The van der Waals surface area contributed by atoms with Crippen LogP contribution in [-0.2, 0) is 11.3 Å². The van der Waals surface area contributed by atoms with Crippen LogP contribution in [0.3, 0.4) is 0 Å². The second-order valence-corrected chi connectivity index (χ2v) is 9.27. The molecule has 4 rings (SSSR count). The van der Waals surface area contributed by atoms with Crippen LogP contribution in [0.15, 0.2) is 82.7 Å². The molecule has 6 nitrogen and oxygen atoms in total. The molecule has 1 atom stereocenters. The van der Waals surface area contributed by atoms with E-state index < -0.39 is 5.25 Å². The zero-order valence-electron chi connectivity index (χ0n) is 19.4. The summed E-state index contributed by atoms with van der Waals surface area (Å²) >= 11 is 1.27. The van der Waals surface area contributed by atoms with Gasteiger partial charge in [-0.25, -0.2) is 4.98 Å². The second-order valence-electron chi connectivity index (χ2n) is 7.97. The Labute approximate surface area is 203 Å². The number of ether oxygens (including phenoxy) is 1. The molecule has 1 amide bonds. The van der Waals surface area contributed by atoms with Gasteiger partial charge < -0.3 is 10.1 Å². The molecule has 4 aromatic rings. The van der Waals surface area contributed by atoms with Crippen molar-refractivity contribution in [2.45, 2.75) is 37.7 Å².